The molecule has 6 nitrogen and oxygen atoms in total. The van der Waals surface area contributed by atoms with E-state index in [1.807, 2.05) is 13.8 Å². The van der Waals surface area contributed by atoms with Crippen LogP contribution in [-0.4, -0.2) is 29.0 Å². The van der Waals surface area contributed by atoms with E-state index in [4.69, 9.17) is 5.73 Å². The molecule has 1 aromatic heterocycles. The van der Waals surface area contributed by atoms with E-state index in [1.165, 1.54) is 6.20 Å². The molecule has 2 N–H and O–H groups in total. The van der Waals surface area contributed by atoms with Crippen LogP contribution in [0.3, 0.4) is 0 Å². The molecule has 6 heteroatoms. The quantitative estimate of drug-likeness (QED) is 0.648. The van der Waals surface area contributed by atoms with E-state index in [0.717, 1.165) is 30.9 Å². The van der Waals surface area contributed by atoms with Crippen molar-refractivity contribution in [3.63, 3.8) is 0 Å². The molecule has 0 aliphatic carbocycles. The van der Waals surface area contributed by atoms with Crippen molar-refractivity contribution in [1.29, 1.82) is 0 Å². The lowest BCUT2D eigenvalue weighted by atomic mass is 10.0. The van der Waals surface area contributed by atoms with Crippen LogP contribution < -0.4 is 10.6 Å². The Kier molecular flexibility index (Phi) is 3.47. The highest BCUT2D eigenvalue weighted by Crippen LogP contribution is 2.27. The monoisotopic (exact) mass is 250 g/mol. The van der Waals surface area contributed by atoms with Crippen molar-refractivity contribution >= 4 is 11.5 Å². The minimum Gasteiger partial charge on any atom is -0.356 e. The van der Waals surface area contributed by atoms with Crippen molar-refractivity contribution in [3.8, 4) is 0 Å². The van der Waals surface area contributed by atoms with E-state index >= 15 is 0 Å². The lowest BCUT2D eigenvalue weighted by molar-refractivity contribution is -0.385. The van der Waals surface area contributed by atoms with Crippen LogP contribution >= 0.6 is 0 Å². The average molecular weight is 250 g/mol. The molecule has 1 fully saturated rings. The molecule has 1 aliphatic rings. The van der Waals surface area contributed by atoms with Gasteiger partial charge in [-0.1, -0.05) is 0 Å². The molecule has 2 unspecified atom stereocenters. The lowest BCUT2D eigenvalue weighted by Crippen LogP contribution is -2.30. The Balaban J connectivity index is 2.18. The number of pyridine rings is 1. The fourth-order valence-electron chi connectivity index (χ4n) is 2.39. The Morgan fingerprint density at radius 2 is 2.39 bits per heavy atom. The third-order valence-corrected chi connectivity index (χ3v) is 3.51. The Morgan fingerprint density at radius 3 is 2.89 bits per heavy atom. The predicted molar refractivity (Wildman–Crippen MR) is 69.6 cm³/mol. The molecule has 0 bridgehead atoms. The maximum absolute atomic E-state index is 10.7. The van der Waals surface area contributed by atoms with Crippen molar-refractivity contribution in [3.05, 3.63) is 27.9 Å². The highest BCUT2D eigenvalue weighted by molar-refractivity contribution is 5.51. The first-order valence-corrected chi connectivity index (χ1v) is 6.10. The van der Waals surface area contributed by atoms with Crippen LogP contribution in [0.4, 0.5) is 11.5 Å². The third-order valence-electron chi connectivity index (χ3n) is 3.51. The summed E-state index contributed by atoms with van der Waals surface area (Å²) in [6, 6.07) is 1.75. The first kappa shape index (κ1) is 12.8. The van der Waals surface area contributed by atoms with Gasteiger partial charge >= 0.3 is 0 Å². The molecule has 1 aromatic rings. The Labute approximate surface area is 106 Å². The molecule has 98 valence electrons. The van der Waals surface area contributed by atoms with Crippen molar-refractivity contribution < 1.29 is 4.92 Å². The highest BCUT2D eigenvalue weighted by Gasteiger charge is 2.27. The molecule has 0 aromatic carbocycles. The Bertz CT molecular complexity index is 461. The smallest absolute Gasteiger partial charge is 0.287 e. The van der Waals surface area contributed by atoms with Crippen LogP contribution in [-0.2, 0) is 0 Å². The van der Waals surface area contributed by atoms with Gasteiger partial charge in [0.2, 0.25) is 0 Å². The second kappa shape index (κ2) is 4.89. The Hall–Kier alpha value is -1.69. The summed E-state index contributed by atoms with van der Waals surface area (Å²) < 4.78 is 0. The summed E-state index contributed by atoms with van der Waals surface area (Å²) >= 11 is 0. The normalized spacial score (nSPS) is 21.1. The van der Waals surface area contributed by atoms with Gasteiger partial charge in [-0.3, -0.25) is 10.1 Å². The zero-order valence-electron chi connectivity index (χ0n) is 10.7. The van der Waals surface area contributed by atoms with E-state index in [-0.39, 0.29) is 11.7 Å². The summed E-state index contributed by atoms with van der Waals surface area (Å²) in [4.78, 5) is 16.6. The van der Waals surface area contributed by atoms with Gasteiger partial charge in [-0.25, -0.2) is 4.98 Å². The van der Waals surface area contributed by atoms with Gasteiger partial charge in [0.25, 0.3) is 5.69 Å². The molecule has 18 heavy (non-hydrogen) atoms. The highest BCUT2D eigenvalue weighted by atomic mass is 16.6. The number of anilines is 1. The first-order valence-electron chi connectivity index (χ1n) is 6.10. The molecular formula is C12H18N4O2. The summed E-state index contributed by atoms with van der Waals surface area (Å²) in [5, 5.41) is 10.7. The lowest BCUT2D eigenvalue weighted by Gasteiger charge is -2.20. The minimum absolute atomic E-state index is 0.0409. The van der Waals surface area contributed by atoms with Crippen LogP contribution in [0.1, 0.15) is 18.9 Å². The fourth-order valence-corrected chi connectivity index (χ4v) is 2.39. The van der Waals surface area contributed by atoms with Gasteiger partial charge in [0.1, 0.15) is 12.0 Å². The molecule has 2 atom stereocenters. The molecule has 1 saturated heterocycles. The van der Waals surface area contributed by atoms with Crippen LogP contribution in [0.2, 0.25) is 0 Å². The second-order valence-corrected chi connectivity index (χ2v) is 4.95. The topological polar surface area (TPSA) is 85.3 Å². The number of nitro groups is 1. The van der Waals surface area contributed by atoms with Gasteiger partial charge in [-0.15, -0.1) is 0 Å². The maximum atomic E-state index is 10.7. The standard InChI is InChI=1S/C12H18N4O2/c1-8-5-11(16(17)18)6-14-12(8)15-4-3-10(7-15)9(2)13/h5-6,9-10H,3-4,7,13H2,1-2H3. The number of hydrogen-bond donors (Lipinski definition) is 1. The number of hydrogen-bond acceptors (Lipinski definition) is 5. The van der Waals surface area contributed by atoms with Crippen LogP contribution in [0.25, 0.3) is 0 Å². The van der Waals surface area contributed by atoms with Crippen LogP contribution in [0.5, 0.6) is 0 Å². The second-order valence-electron chi connectivity index (χ2n) is 4.95. The van der Waals surface area contributed by atoms with Crippen molar-refractivity contribution in [2.24, 2.45) is 11.7 Å². The van der Waals surface area contributed by atoms with E-state index in [0.29, 0.717) is 5.92 Å². The summed E-state index contributed by atoms with van der Waals surface area (Å²) in [5.74, 6) is 1.31. The third kappa shape index (κ3) is 2.43. The number of aryl methyl sites for hydroxylation is 1. The van der Waals surface area contributed by atoms with Gasteiger partial charge in [0.05, 0.1) is 4.92 Å². The van der Waals surface area contributed by atoms with Gasteiger partial charge in [-0.05, 0) is 31.7 Å². The van der Waals surface area contributed by atoms with Crippen molar-refractivity contribution in [2.45, 2.75) is 26.3 Å². The van der Waals surface area contributed by atoms with Crippen LogP contribution in [0, 0.1) is 23.0 Å². The zero-order valence-corrected chi connectivity index (χ0v) is 10.7. The number of nitrogens with two attached hydrogens (primary N) is 1. The number of rotatable bonds is 3. The molecule has 0 saturated carbocycles. The largest absolute Gasteiger partial charge is 0.356 e. The zero-order chi connectivity index (χ0) is 13.3. The SMILES string of the molecule is Cc1cc([N+](=O)[O-])cnc1N1CCC(C(C)N)C1. The first-order chi connectivity index (χ1) is 8.49. The van der Waals surface area contributed by atoms with E-state index in [9.17, 15) is 10.1 Å². The molecule has 2 rings (SSSR count). The predicted octanol–water partition coefficient (Wildman–Crippen LogP) is 1.47. The van der Waals surface area contributed by atoms with Crippen LogP contribution in [0.15, 0.2) is 12.3 Å². The molecule has 2 heterocycles. The molecule has 0 spiro atoms. The fraction of sp³-hybridized carbons (Fsp3) is 0.583. The average Bonchev–Trinajstić information content (AvgIpc) is 2.78. The summed E-state index contributed by atoms with van der Waals surface area (Å²) in [6.45, 7) is 5.67. The Morgan fingerprint density at radius 1 is 1.67 bits per heavy atom. The molecule has 0 radical (unpaired) electrons. The van der Waals surface area contributed by atoms with Crippen molar-refractivity contribution in [1.82, 2.24) is 4.98 Å². The molecule has 0 amide bonds. The number of nitrogens with zero attached hydrogens (tertiary/aromatic N) is 3. The van der Waals surface area contributed by atoms with Crippen molar-refractivity contribution in [2.75, 3.05) is 18.0 Å². The summed E-state index contributed by atoms with van der Waals surface area (Å²) in [5.41, 5.74) is 6.79. The van der Waals surface area contributed by atoms with Gasteiger partial charge < -0.3 is 10.6 Å². The molecular weight excluding hydrogens is 232 g/mol. The van der Waals surface area contributed by atoms with E-state index < -0.39 is 4.92 Å². The minimum atomic E-state index is -0.418. The van der Waals surface area contributed by atoms with E-state index in [1.54, 1.807) is 6.07 Å². The van der Waals surface area contributed by atoms with Gasteiger partial charge in [0, 0.05) is 25.2 Å². The van der Waals surface area contributed by atoms with Gasteiger partial charge in [0.15, 0.2) is 0 Å². The summed E-state index contributed by atoms with van der Waals surface area (Å²) in [6.07, 6.45) is 2.37. The summed E-state index contributed by atoms with van der Waals surface area (Å²) in [7, 11) is 0. The van der Waals surface area contributed by atoms with E-state index in [2.05, 4.69) is 9.88 Å². The number of aromatic nitrogens is 1. The maximum Gasteiger partial charge on any atom is 0.287 e. The van der Waals surface area contributed by atoms with Gasteiger partial charge in [-0.2, -0.15) is 0 Å². The molecule has 1 aliphatic heterocycles.